The van der Waals surface area contributed by atoms with Gasteiger partial charge in [-0.2, -0.15) is 0 Å². The first-order chi connectivity index (χ1) is 6.01. The van der Waals surface area contributed by atoms with Crippen LogP contribution in [-0.4, -0.2) is 4.75 Å². The Hall–Kier alpha value is -0.690. The molecule has 0 heterocycles. The van der Waals surface area contributed by atoms with E-state index >= 15 is 0 Å². The summed E-state index contributed by atoms with van der Waals surface area (Å²) in [4.78, 5) is 1.32. The predicted molar refractivity (Wildman–Crippen MR) is 62.1 cm³/mol. The van der Waals surface area contributed by atoms with Crippen molar-refractivity contribution in [3.63, 3.8) is 0 Å². The molecular formula is C12H16S. The molecule has 1 aromatic rings. The highest BCUT2D eigenvalue weighted by molar-refractivity contribution is 8.00. The van der Waals surface area contributed by atoms with Crippen LogP contribution in [0.3, 0.4) is 0 Å². The van der Waals surface area contributed by atoms with Crippen molar-refractivity contribution < 1.29 is 0 Å². The highest BCUT2D eigenvalue weighted by Crippen LogP contribution is 2.31. The van der Waals surface area contributed by atoms with E-state index in [-0.39, 0.29) is 4.75 Å². The molecule has 0 saturated carbocycles. The van der Waals surface area contributed by atoms with Gasteiger partial charge in [0.15, 0.2) is 0 Å². The minimum absolute atomic E-state index is 0.287. The molecule has 0 unspecified atom stereocenters. The lowest BCUT2D eigenvalue weighted by atomic mass is 10.2. The molecule has 1 heteroatoms. The third-order valence-corrected chi connectivity index (χ3v) is 2.66. The number of hydrogen-bond donors (Lipinski definition) is 0. The summed E-state index contributed by atoms with van der Waals surface area (Å²) in [7, 11) is 0. The van der Waals surface area contributed by atoms with Gasteiger partial charge in [0, 0.05) is 9.64 Å². The standard InChI is InChI=1S/C12H16S/c1-5-10-6-8-11(9-7-10)13-12(2,3)4/h5-9H,1H2,2-4H3. The van der Waals surface area contributed by atoms with Crippen LogP contribution in [0.2, 0.25) is 0 Å². The number of hydrogen-bond acceptors (Lipinski definition) is 1. The second kappa shape index (κ2) is 4.01. The van der Waals surface area contributed by atoms with E-state index in [1.807, 2.05) is 17.8 Å². The first kappa shape index (κ1) is 10.4. The van der Waals surface area contributed by atoms with Gasteiger partial charge in [0.25, 0.3) is 0 Å². The van der Waals surface area contributed by atoms with Gasteiger partial charge in [0.2, 0.25) is 0 Å². The molecule has 0 radical (unpaired) electrons. The Kier molecular flexibility index (Phi) is 3.21. The summed E-state index contributed by atoms with van der Waals surface area (Å²) in [5.41, 5.74) is 1.18. The lowest BCUT2D eigenvalue weighted by Gasteiger charge is -2.17. The molecule has 0 N–H and O–H groups in total. The Balaban J connectivity index is 2.75. The van der Waals surface area contributed by atoms with Gasteiger partial charge in [-0.15, -0.1) is 11.8 Å². The van der Waals surface area contributed by atoms with Crippen LogP contribution in [0, 0.1) is 0 Å². The maximum Gasteiger partial charge on any atom is 0.0122 e. The van der Waals surface area contributed by atoms with Crippen molar-refractivity contribution in [1.29, 1.82) is 0 Å². The molecule has 13 heavy (non-hydrogen) atoms. The molecule has 70 valence electrons. The first-order valence-electron chi connectivity index (χ1n) is 4.43. The number of rotatable bonds is 2. The quantitative estimate of drug-likeness (QED) is 0.632. The third kappa shape index (κ3) is 3.69. The first-order valence-corrected chi connectivity index (χ1v) is 5.24. The molecule has 0 spiro atoms. The topological polar surface area (TPSA) is 0 Å². The fraction of sp³-hybridized carbons (Fsp3) is 0.333. The minimum atomic E-state index is 0.287. The molecule has 1 rings (SSSR count). The second-order valence-corrected chi connectivity index (χ2v) is 5.89. The monoisotopic (exact) mass is 192 g/mol. The second-order valence-electron chi connectivity index (χ2n) is 3.99. The van der Waals surface area contributed by atoms with Crippen molar-refractivity contribution >= 4 is 17.8 Å². The van der Waals surface area contributed by atoms with Crippen molar-refractivity contribution in [2.45, 2.75) is 30.4 Å². The smallest absolute Gasteiger partial charge is 0.0122 e. The van der Waals surface area contributed by atoms with E-state index in [4.69, 9.17) is 0 Å². The van der Waals surface area contributed by atoms with E-state index in [1.54, 1.807) is 0 Å². The van der Waals surface area contributed by atoms with Crippen molar-refractivity contribution in [2.75, 3.05) is 0 Å². The van der Waals surface area contributed by atoms with Gasteiger partial charge in [-0.25, -0.2) is 0 Å². The van der Waals surface area contributed by atoms with Crippen LogP contribution < -0.4 is 0 Å². The Labute approximate surface area is 85.1 Å². The number of thioether (sulfide) groups is 1. The molecule has 0 aromatic heterocycles. The van der Waals surface area contributed by atoms with Crippen LogP contribution >= 0.6 is 11.8 Å². The van der Waals surface area contributed by atoms with Crippen molar-refractivity contribution in [1.82, 2.24) is 0 Å². The van der Waals surface area contributed by atoms with Gasteiger partial charge >= 0.3 is 0 Å². The van der Waals surface area contributed by atoms with Crippen LogP contribution in [0.25, 0.3) is 6.08 Å². The van der Waals surface area contributed by atoms with Crippen LogP contribution in [0.1, 0.15) is 26.3 Å². The maximum atomic E-state index is 3.73. The lowest BCUT2D eigenvalue weighted by molar-refractivity contribution is 0.803. The highest BCUT2D eigenvalue weighted by Gasteiger charge is 2.11. The SMILES string of the molecule is C=Cc1ccc(SC(C)(C)C)cc1. The Morgan fingerprint density at radius 3 is 2.08 bits per heavy atom. The van der Waals surface area contributed by atoms with Gasteiger partial charge in [0.1, 0.15) is 0 Å². The number of benzene rings is 1. The van der Waals surface area contributed by atoms with Gasteiger partial charge in [0.05, 0.1) is 0 Å². The molecule has 0 bridgehead atoms. The van der Waals surface area contributed by atoms with Crippen molar-refractivity contribution in [2.24, 2.45) is 0 Å². The summed E-state index contributed by atoms with van der Waals surface area (Å²) in [5, 5.41) is 0. The van der Waals surface area contributed by atoms with Gasteiger partial charge < -0.3 is 0 Å². The molecular weight excluding hydrogens is 176 g/mol. The Bertz CT molecular complexity index is 277. The van der Waals surface area contributed by atoms with Crippen LogP contribution in [0.5, 0.6) is 0 Å². The largest absolute Gasteiger partial charge is 0.120 e. The van der Waals surface area contributed by atoms with Crippen LogP contribution in [0.15, 0.2) is 35.7 Å². The average molecular weight is 192 g/mol. The zero-order valence-corrected chi connectivity index (χ0v) is 9.32. The molecule has 1 aromatic carbocycles. The fourth-order valence-corrected chi connectivity index (χ4v) is 2.00. The summed E-state index contributed by atoms with van der Waals surface area (Å²) < 4.78 is 0.287. The summed E-state index contributed by atoms with van der Waals surface area (Å²) in [6, 6.07) is 8.49. The van der Waals surface area contributed by atoms with Crippen molar-refractivity contribution in [3.05, 3.63) is 36.4 Å². The van der Waals surface area contributed by atoms with E-state index < -0.39 is 0 Å². The summed E-state index contributed by atoms with van der Waals surface area (Å²) in [5.74, 6) is 0. The van der Waals surface area contributed by atoms with Crippen LogP contribution in [0.4, 0.5) is 0 Å². The molecule has 0 amide bonds. The highest BCUT2D eigenvalue weighted by atomic mass is 32.2. The summed E-state index contributed by atoms with van der Waals surface area (Å²) in [6.45, 7) is 10.4. The molecule has 0 saturated heterocycles. The fourth-order valence-electron chi connectivity index (χ4n) is 1.03. The van der Waals surface area contributed by atoms with Crippen molar-refractivity contribution in [3.8, 4) is 0 Å². The van der Waals surface area contributed by atoms with E-state index in [2.05, 4.69) is 51.6 Å². The lowest BCUT2D eigenvalue weighted by Crippen LogP contribution is -2.06. The van der Waals surface area contributed by atoms with E-state index in [9.17, 15) is 0 Å². The average Bonchev–Trinajstić information content (AvgIpc) is 2.03. The maximum absolute atomic E-state index is 3.73. The Morgan fingerprint density at radius 1 is 1.15 bits per heavy atom. The molecule has 0 atom stereocenters. The van der Waals surface area contributed by atoms with Crippen LogP contribution in [-0.2, 0) is 0 Å². The Morgan fingerprint density at radius 2 is 1.69 bits per heavy atom. The summed E-state index contributed by atoms with van der Waals surface area (Å²) in [6.07, 6.45) is 1.87. The van der Waals surface area contributed by atoms with Gasteiger partial charge in [-0.3, -0.25) is 0 Å². The zero-order valence-electron chi connectivity index (χ0n) is 8.50. The van der Waals surface area contributed by atoms with E-state index in [0.29, 0.717) is 0 Å². The molecule has 0 fully saturated rings. The van der Waals surface area contributed by atoms with E-state index in [0.717, 1.165) is 0 Å². The van der Waals surface area contributed by atoms with Gasteiger partial charge in [-0.1, -0.05) is 45.6 Å². The third-order valence-electron chi connectivity index (χ3n) is 1.54. The zero-order chi connectivity index (χ0) is 9.90. The van der Waals surface area contributed by atoms with Gasteiger partial charge in [-0.05, 0) is 17.7 Å². The summed E-state index contributed by atoms with van der Waals surface area (Å²) >= 11 is 1.89. The predicted octanol–water partition coefficient (Wildman–Crippen LogP) is 4.22. The normalized spacial score (nSPS) is 11.3. The van der Waals surface area contributed by atoms with E-state index in [1.165, 1.54) is 10.5 Å². The minimum Gasteiger partial charge on any atom is -0.120 e. The molecule has 0 aliphatic heterocycles. The molecule has 0 nitrogen and oxygen atoms in total. The molecule has 0 aliphatic rings. The molecule has 0 aliphatic carbocycles.